The molecule has 2 fully saturated rings. The maximum absolute atomic E-state index is 2.81. The number of fused-ring (bicyclic) bond motifs is 4. The molecule has 3 heteroatoms. The van der Waals surface area contributed by atoms with Crippen LogP contribution in [0.25, 0.3) is 61.2 Å². The molecule has 2 nitrogen and oxygen atoms in total. The van der Waals surface area contributed by atoms with Gasteiger partial charge in [-0.3, -0.25) is 0 Å². The van der Waals surface area contributed by atoms with Gasteiger partial charge < -0.3 is 9.80 Å². The second kappa shape index (κ2) is 25.6. The molecular weight excluding hydrogens is 1240 g/mol. The average Bonchev–Trinajstić information content (AvgIpc) is 0.687. The smallest absolute Gasteiger partial charge is 0.252 e. The maximum atomic E-state index is 2.81. The molecule has 10 aromatic carbocycles. The van der Waals surface area contributed by atoms with Gasteiger partial charge in [-0.25, -0.2) is 0 Å². The Bertz CT molecular complexity index is 5040. The number of anilines is 6. The van der Waals surface area contributed by atoms with Crippen LogP contribution >= 0.6 is 0 Å². The highest BCUT2D eigenvalue weighted by molar-refractivity contribution is 7.00. The Morgan fingerprint density at radius 2 is 0.806 bits per heavy atom. The Morgan fingerprint density at radius 1 is 0.369 bits per heavy atom. The second-order valence-corrected chi connectivity index (χ2v) is 34.4. The number of benzene rings is 10. The predicted octanol–water partition coefficient (Wildman–Crippen LogP) is 25.9. The van der Waals surface area contributed by atoms with E-state index < -0.39 is 0 Å². The first-order valence-electron chi connectivity index (χ1n) is 39.0. The van der Waals surface area contributed by atoms with Crippen molar-refractivity contribution in [2.75, 3.05) is 9.80 Å². The molecule has 103 heavy (non-hydrogen) atoms. The molecule has 510 valence electrons. The molecule has 2 saturated carbocycles. The topological polar surface area (TPSA) is 6.48 Å². The monoisotopic (exact) mass is 1340 g/mol. The minimum absolute atomic E-state index is 0.0485. The maximum Gasteiger partial charge on any atom is 0.252 e. The summed E-state index contributed by atoms with van der Waals surface area (Å²) in [5.74, 6) is 2.04. The molecule has 6 aliphatic carbocycles. The Balaban J connectivity index is 1.00. The molecule has 2 heterocycles. The van der Waals surface area contributed by atoms with E-state index in [2.05, 4.69) is 333 Å². The summed E-state index contributed by atoms with van der Waals surface area (Å²) >= 11 is 0. The minimum Gasteiger partial charge on any atom is -0.310 e. The largest absolute Gasteiger partial charge is 0.310 e. The van der Waals surface area contributed by atoms with Crippen molar-refractivity contribution < 1.29 is 0 Å². The average molecular weight is 1340 g/mol. The standard InChI is InChI=1S/C100H97BN2/c1-98(2,3)78-51-73-45-46-74-52-79(99(4,5)6)61-86-81(58-77(53-78)93(73)94(74)86)72-48-50-90-88(60-72)101-87-59-71(64-31-17-10-18-32-64)47-49-89(87)102(96-82(67-37-23-13-24-38-67)54-75(65-33-19-11-20-34-65)55-83(96)68-39-25-14-26-40-68)91-62-80(100(7,8)9)63-92(95(91)101)103(90)97-84(69-41-27-15-28-42-69)56-76(66-35-21-12-22-36-66)57-85(97)70-43-29-16-30-44-70/h10,13-18,23-32,37-50,52-63,65-66,73,93-94H,11-12,19-22,33-36,51H2,1-9H3. The highest BCUT2D eigenvalue weighted by Crippen LogP contribution is 2.60. The molecular formula is C100H97BN2. The summed E-state index contributed by atoms with van der Waals surface area (Å²) in [5, 5.41) is 0. The third-order valence-electron chi connectivity index (χ3n) is 24.9. The van der Waals surface area contributed by atoms with Gasteiger partial charge in [0, 0.05) is 56.8 Å². The molecule has 10 aromatic rings. The molecule has 3 atom stereocenters. The second-order valence-electron chi connectivity index (χ2n) is 34.4. The van der Waals surface area contributed by atoms with Crippen molar-refractivity contribution in [2.24, 2.45) is 28.6 Å². The number of rotatable bonds is 10. The van der Waals surface area contributed by atoms with Gasteiger partial charge in [0.2, 0.25) is 0 Å². The van der Waals surface area contributed by atoms with Gasteiger partial charge in [0.15, 0.2) is 0 Å². The van der Waals surface area contributed by atoms with E-state index in [-0.39, 0.29) is 28.9 Å². The molecule has 0 spiro atoms. The van der Waals surface area contributed by atoms with Crippen LogP contribution in [0, 0.1) is 28.6 Å². The highest BCUT2D eigenvalue weighted by Gasteiger charge is 2.49. The van der Waals surface area contributed by atoms with Crippen LogP contribution in [0.2, 0.25) is 0 Å². The van der Waals surface area contributed by atoms with Crippen LogP contribution in [-0.2, 0) is 5.41 Å². The summed E-state index contributed by atoms with van der Waals surface area (Å²) in [7, 11) is 0. The van der Waals surface area contributed by atoms with Gasteiger partial charge in [-0.15, -0.1) is 0 Å². The molecule has 0 N–H and O–H groups in total. The van der Waals surface area contributed by atoms with Crippen LogP contribution in [0.5, 0.6) is 0 Å². The first-order valence-corrected chi connectivity index (χ1v) is 39.0. The zero-order valence-corrected chi connectivity index (χ0v) is 62.0. The molecule has 0 aromatic heterocycles. The quantitative estimate of drug-likeness (QED) is 0.126. The van der Waals surface area contributed by atoms with Gasteiger partial charge in [0.1, 0.15) is 0 Å². The summed E-state index contributed by atoms with van der Waals surface area (Å²) in [5.41, 5.74) is 37.8. The van der Waals surface area contributed by atoms with Gasteiger partial charge in [0.25, 0.3) is 6.71 Å². The third kappa shape index (κ3) is 11.5. The van der Waals surface area contributed by atoms with Crippen molar-refractivity contribution in [1.82, 2.24) is 0 Å². The molecule has 0 radical (unpaired) electrons. The van der Waals surface area contributed by atoms with Crippen molar-refractivity contribution in [3.63, 3.8) is 0 Å². The number of nitrogens with zero attached hydrogens (tertiary/aromatic N) is 2. The fraction of sp³-hybridized carbons (Fsp3) is 0.280. The fourth-order valence-electron chi connectivity index (χ4n) is 19.4. The van der Waals surface area contributed by atoms with Crippen LogP contribution < -0.4 is 26.2 Å². The summed E-state index contributed by atoms with van der Waals surface area (Å²) in [4.78, 5) is 5.60. The van der Waals surface area contributed by atoms with Crippen LogP contribution in [0.4, 0.5) is 34.1 Å². The Kier molecular flexibility index (Phi) is 16.3. The molecule has 2 aliphatic heterocycles. The van der Waals surface area contributed by atoms with Crippen LogP contribution in [0.1, 0.15) is 167 Å². The lowest BCUT2D eigenvalue weighted by Crippen LogP contribution is -2.61. The van der Waals surface area contributed by atoms with Gasteiger partial charge in [-0.2, -0.15) is 0 Å². The van der Waals surface area contributed by atoms with E-state index in [1.807, 2.05) is 0 Å². The molecule has 3 unspecified atom stereocenters. The number of hydrogen-bond acceptors (Lipinski definition) is 2. The lowest BCUT2D eigenvalue weighted by Gasteiger charge is -2.48. The predicted molar refractivity (Wildman–Crippen MR) is 440 cm³/mol. The molecule has 0 bridgehead atoms. The Labute approximate surface area is 614 Å². The SMILES string of the molecule is CC(C)(C)C1=CC2=C(c3ccc4c(c3)B3c5cc(-c6ccccc6)ccc5N(c5c(-c6ccccc6)cc(C6CCCCC6)cc5-c5ccccc5)c5cc(C(C)(C)C)cc(c53)N4c3c(-c4ccccc4)cc(C4CCCCC4)cc3-c3ccccc3)C=C3C=C(C(C)(C)C)CC4C=CC(=C1)C2C34. The van der Waals surface area contributed by atoms with Gasteiger partial charge >= 0.3 is 0 Å². The highest BCUT2D eigenvalue weighted by atomic mass is 15.2. The van der Waals surface area contributed by atoms with Crippen LogP contribution in [0.15, 0.2) is 289 Å². The summed E-state index contributed by atoms with van der Waals surface area (Å²) in [6.45, 7) is 21.6. The lowest BCUT2D eigenvalue weighted by atomic mass is 9.33. The molecule has 8 aliphatic rings. The van der Waals surface area contributed by atoms with Crippen molar-refractivity contribution in [3.8, 4) is 55.6 Å². The molecule has 18 rings (SSSR count). The van der Waals surface area contributed by atoms with E-state index in [1.54, 1.807) is 5.57 Å². The van der Waals surface area contributed by atoms with E-state index in [0.717, 1.165) is 6.42 Å². The van der Waals surface area contributed by atoms with E-state index in [0.29, 0.717) is 23.7 Å². The summed E-state index contributed by atoms with van der Waals surface area (Å²) in [6.07, 6.45) is 29.3. The third-order valence-corrected chi connectivity index (χ3v) is 24.9. The van der Waals surface area contributed by atoms with Crippen molar-refractivity contribution in [2.45, 2.75) is 150 Å². The molecule has 0 amide bonds. The van der Waals surface area contributed by atoms with Gasteiger partial charge in [0.05, 0.1) is 11.4 Å². The van der Waals surface area contributed by atoms with Gasteiger partial charge in [-0.1, -0.05) is 319 Å². The fourth-order valence-corrected chi connectivity index (χ4v) is 19.4. The lowest BCUT2D eigenvalue weighted by molar-refractivity contribution is 0.328. The van der Waals surface area contributed by atoms with Crippen molar-refractivity contribution in [1.29, 1.82) is 0 Å². The minimum atomic E-state index is -0.259. The van der Waals surface area contributed by atoms with E-state index in [1.165, 1.54) is 220 Å². The first kappa shape index (κ1) is 65.3. The summed E-state index contributed by atoms with van der Waals surface area (Å²) < 4.78 is 0. The molecule has 0 saturated heterocycles. The van der Waals surface area contributed by atoms with E-state index >= 15 is 0 Å². The van der Waals surface area contributed by atoms with E-state index in [4.69, 9.17) is 0 Å². The van der Waals surface area contributed by atoms with Gasteiger partial charge in [-0.05, 0) is 215 Å². The van der Waals surface area contributed by atoms with E-state index in [9.17, 15) is 0 Å². The zero-order valence-electron chi connectivity index (χ0n) is 62.0. The Hall–Kier alpha value is -9.70. The summed E-state index contributed by atoms with van der Waals surface area (Å²) in [6, 6.07) is 88.3. The Morgan fingerprint density at radius 3 is 1.24 bits per heavy atom. The number of allylic oxidation sites excluding steroid dienone is 12. The van der Waals surface area contributed by atoms with Crippen LogP contribution in [0.3, 0.4) is 0 Å². The number of hydrogen-bond donors (Lipinski definition) is 0. The van der Waals surface area contributed by atoms with Crippen LogP contribution in [-0.4, -0.2) is 6.71 Å². The first-order chi connectivity index (χ1) is 50.0. The zero-order chi connectivity index (χ0) is 70.0. The van der Waals surface area contributed by atoms with Crippen molar-refractivity contribution >= 4 is 62.8 Å². The normalized spacial score (nSPS) is 19.4. The van der Waals surface area contributed by atoms with Crippen molar-refractivity contribution in [3.05, 3.63) is 311 Å².